The van der Waals surface area contributed by atoms with E-state index < -0.39 is 10.0 Å². The van der Waals surface area contributed by atoms with Gasteiger partial charge in [-0.1, -0.05) is 23.2 Å². The number of benzene rings is 2. The summed E-state index contributed by atoms with van der Waals surface area (Å²) in [5, 5.41) is 23.5. The van der Waals surface area contributed by atoms with E-state index in [1.807, 2.05) is 0 Å². The number of guanidine groups is 1. The normalized spacial score (nSPS) is 14.5. The van der Waals surface area contributed by atoms with E-state index in [9.17, 15) is 18.6 Å². The van der Waals surface area contributed by atoms with Crippen LogP contribution in [0.2, 0.25) is 9.36 Å². The summed E-state index contributed by atoms with van der Waals surface area (Å²) in [4.78, 5) is 8.45. The second-order valence-corrected chi connectivity index (χ2v) is 10.9. The zero-order valence-electron chi connectivity index (χ0n) is 16.1. The topological polar surface area (TPSA) is 117 Å². The van der Waals surface area contributed by atoms with Crippen molar-refractivity contribution in [2.24, 2.45) is 14.4 Å². The van der Waals surface area contributed by atoms with Gasteiger partial charge in [0.15, 0.2) is 0 Å². The van der Waals surface area contributed by atoms with Gasteiger partial charge in [-0.25, -0.2) is 9.98 Å². The minimum Gasteiger partial charge on any atom is -0.494 e. The fourth-order valence-corrected chi connectivity index (χ4v) is 5.99. The smallest absolute Gasteiger partial charge is 0.295 e. The van der Waals surface area contributed by atoms with E-state index in [1.165, 1.54) is 16.7 Å². The van der Waals surface area contributed by atoms with Crippen LogP contribution in [-0.4, -0.2) is 29.2 Å². The quantitative estimate of drug-likeness (QED) is 0.440. The number of nitrogens with zero attached hydrogens (tertiary/aromatic N) is 4. The second-order valence-electron chi connectivity index (χ2n) is 6.90. The lowest BCUT2D eigenvalue weighted by atomic mass is 10.1. The van der Waals surface area contributed by atoms with Gasteiger partial charge in [0.05, 0.1) is 20.7 Å². The summed E-state index contributed by atoms with van der Waals surface area (Å²) in [5.41, 5.74) is 1.00. The summed E-state index contributed by atoms with van der Waals surface area (Å²) in [6, 6.07) is 10.9. The highest BCUT2D eigenvalue weighted by atomic mass is 35.5. The molecular formula is C20H12Cl2N4O4S2. The van der Waals surface area contributed by atoms with Gasteiger partial charge in [0, 0.05) is 21.4 Å². The second kappa shape index (κ2) is 7.31. The van der Waals surface area contributed by atoms with Crippen LogP contribution in [0.15, 0.2) is 61.1 Å². The lowest BCUT2D eigenvalue weighted by Gasteiger charge is -2.09. The highest BCUT2D eigenvalue weighted by Crippen LogP contribution is 2.40. The molecule has 162 valence electrons. The van der Waals surface area contributed by atoms with Gasteiger partial charge < -0.3 is 10.2 Å². The first-order valence-electron chi connectivity index (χ1n) is 9.05. The van der Waals surface area contributed by atoms with Crippen molar-refractivity contribution in [1.29, 1.82) is 0 Å². The molecule has 0 saturated carbocycles. The van der Waals surface area contributed by atoms with Gasteiger partial charge >= 0.3 is 0 Å². The molecule has 0 saturated heterocycles. The first kappa shape index (κ1) is 21.0. The lowest BCUT2D eigenvalue weighted by molar-refractivity contribution is 0.406. The van der Waals surface area contributed by atoms with Gasteiger partial charge in [-0.2, -0.15) is 8.42 Å². The Balaban J connectivity index is 1.66. The summed E-state index contributed by atoms with van der Waals surface area (Å²) in [6.45, 7) is 1.72. The molecule has 1 aliphatic heterocycles. The zero-order chi connectivity index (χ0) is 22.8. The molecule has 5 rings (SSSR count). The molecule has 0 unspecified atom stereocenters. The van der Waals surface area contributed by atoms with Crippen molar-refractivity contribution in [1.82, 2.24) is 4.57 Å². The van der Waals surface area contributed by atoms with E-state index in [4.69, 9.17) is 23.2 Å². The van der Waals surface area contributed by atoms with Crippen LogP contribution in [0.25, 0.3) is 16.5 Å². The van der Waals surface area contributed by atoms with Crippen LogP contribution in [-0.2, 0) is 10.0 Å². The minimum absolute atomic E-state index is 0.0127. The molecule has 0 spiro atoms. The van der Waals surface area contributed by atoms with E-state index >= 15 is 0 Å². The Bertz CT molecular complexity index is 1710. The predicted octanol–water partition coefficient (Wildman–Crippen LogP) is 3.72. The van der Waals surface area contributed by atoms with Gasteiger partial charge in [0.25, 0.3) is 16.0 Å². The maximum absolute atomic E-state index is 12.5. The van der Waals surface area contributed by atoms with Crippen LogP contribution in [0.1, 0.15) is 5.56 Å². The minimum atomic E-state index is -4.01. The molecule has 0 amide bonds. The van der Waals surface area contributed by atoms with Crippen molar-refractivity contribution in [2.75, 3.05) is 0 Å². The molecule has 1 aliphatic rings. The highest BCUT2D eigenvalue weighted by Gasteiger charge is 2.22. The Labute approximate surface area is 195 Å². The Morgan fingerprint density at radius 3 is 2.47 bits per heavy atom. The van der Waals surface area contributed by atoms with Crippen LogP contribution >= 0.6 is 34.5 Å². The molecule has 2 N–H and O–H groups in total. The number of hydrogen-bond acceptors (Lipinski definition) is 5. The van der Waals surface area contributed by atoms with Gasteiger partial charge in [-0.05, 0) is 49.4 Å². The van der Waals surface area contributed by atoms with Crippen LogP contribution in [0, 0.1) is 6.92 Å². The number of thiophene rings is 1. The van der Waals surface area contributed by atoms with Crippen molar-refractivity contribution >= 4 is 61.3 Å². The largest absolute Gasteiger partial charge is 0.494 e. The van der Waals surface area contributed by atoms with E-state index in [0.29, 0.717) is 42.1 Å². The zero-order valence-corrected chi connectivity index (χ0v) is 19.3. The summed E-state index contributed by atoms with van der Waals surface area (Å²) in [7, 11) is -4.01. The summed E-state index contributed by atoms with van der Waals surface area (Å²) < 4.78 is 30.3. The summed E-state index contributed by atoms with van der Waals surface area (Å²) >= 11 is 12.7. The monoisotopic (exact) mass is 506 g/mol. The third kappa shape index (κ3) is 3.27. The molecule has 3 heterocycles. The van der Waals surface area contributed by atoms with Gasteiger partial charge in [0.1, 0.15) is 4.21 Å². The number of fused-ring (bicyclic) bond motifs is 2. The maximum Gasteiger partial charge on any atom is 0.295 e. The molecule has 2 aromatic heterocycles. The highest BCUT2D eigenvalue weighted by molar-refractivity contribution is 7.92. The molecule has 0 bridgehead atoms. The van der Waals surface area contributed by atoms with Crippen molar-refractivity contribution in [3.63, 3.8) is 0 Å². The van der Waals surface area contributed by atoms with E-state index in [0.717, 1.165) is 11.3 Å². The molecule has 0 aliphatic carbocycles. The number of hydrogen-bond donors (Lipinski definition) is 2. The van der Waals surface area contributed by atoms with E-state index in [2.05, 4.69) is 14.4 Å². The molecule has 8 nitrogen and oxygen atoms in total. The fraction of sp³-hybridized carbons (Fsp3) is 0.0500. The van der Waals surface area contributed by atoms with Crippen LogP contribution in [0.5, 0.6) is 11.8 Å². The molecule has 0 radical (unpaired) electrons. The van der Waals surface area contributed by atoms with Crippen LogP contribution in [0.4, 0.5) is 0 Å². The van der Waals surface area contributed by atoms with Gasteiger partial charge in [0.2, 0.25) is 11.8 Å². The molecule has 2 aromatic carbocycles. The van der Waals surface area contributed by atoms with E-state index in [1.54, 1.807) is 37.3 Å². The Hall–Kier alpha value is -2.92. The molecule has 4 aromatic rings. The molecule has 12 heteroatoms. The predicted molar refractivity (Wildman–Crippen MR) is 123 cm³/mol. The Morgan fingerprint density at radius 1 is 1.00 bits per heavy atom. The van der Waals surface area contributed by atoms with Crippen LogP contribution in [0.3, 0.4) is 0 Å². The standard InChI is InChI=1S/C20H12Cl2N4O4S2/c1-9-14(26-18(27)11-3-2-10(21)8-12(11)19(26)28)5-4-13-17(9)24-20(23-13)25-32(29,30)16-7-6-15(22)31-16/h2-8,27-28H,1H3/b25-20+. The van der Waals surface area contributed by atoms with E-state index in [-0.39, 0.29) is 21.9 Å². The molecule has 0 atom stereocenters. The third-order valence-corrected chi connectivity index (χ3v) is 8.14. The molecular weight excluding hydrogens is 495 g/mol. The number of aromatic hydroxyl groups is 2. The number of rotatable bonds is 3. The first-order valence-corrected chi connectivity index (χ1v) is 12.1. The average Bonchev–Trinajstić information content (AvgIpc) is 3.41. The van der Waals surface area contributed by atoms with Crippen molar-refractivity contribution in [2.45, 2.75) is 11.1 Å². The molecule has 0 fully saturated rings. The average molecular weight is 507 g/mol. The third-order valence-electron chi connectivity index (χ3n) is 4.95. The fourth-order valence-electron chi connectivity index (χ4n) is 3.48. The summed E-state index contributed by atoms with van der Waals surface area (Å²) in [5.74, 6) is -0.579. The number of sulfonamides is 1. The Kier molecular flexibility index (Phi) is 4.79. The van der Waals surface area contributed by atoms with Crippen molar-refractivity contribution in [3.8, 4) is 17.4 Å². The van der Waals surface area contributed by atoms with Gasteiger partial charge in [-0.15, -0.1) is 15.7 Å². The van der Waals surface area contributed by atoms with Crippen LogP contribution < -0.4 is 10.7 Å². The van der Waals surface area contributed by atoms with Crippen molar-refractivity contribution in [3.05, 3.63) is 68.1 Å². The number of aromatic nitrogens is 1. The molecule has 32 heavy (non-hydrogen) atoms. The summed E-state index contributed by atoms with van der Waals surface area (Å²) in [6.07, 6.45) is 0. The maximum atomic E-state index is 12.5. The lowest BCUT2D eigenvalue weighted by Crippen LogP contribution is -2.26. The van der Waals surface area contributed by atoms with Crippen molar-refractivity contribution < 1.29 is 18.6 Å². The Morgan fingerprint density at radius 2 is 1.75 bits per heavy atom. The first-order chi connectivity index (χ1) is 15.2. The SMILES string of the molecule is Cc1c(-n2c(O)c3ccc(Cl)cc3c2O)ccc2c1=N/C(=N/S(=O)(=O)c1ccc(Cl)s1)N=2. The number of halogens is 2. The van der Waals surface area contributed by atoms with Gasteiger partial charge in [-0.3, -0.25) is 4.57 Å².